The number of anilines is 1. The summed E-state index contributed by atoms with van der Waals surface area (Å²) in [6.45, 7) is 5.01. The summed E-state index contributed by atoms with van der Waals surface area (Å²) < 4.78 is 0. The van der Waals surface area contributed by atoms with Gasteiger partial charge in [-0.2, -0.15) is 0 Å². The van der Waals surface area contributed by atoms with Crippen LogP contribution in [0.25, 0.3) is 0 Å². The molecule has 110 valence electrons. The van der Waals surface area contributed by atoms with E-state index in [1.54, 1.807) is 0 Å². The molecule has 0 amide bonds. The number of nitrogens with zero attached hydrogens (tertiary/aromatic N) is 4. The summed E-state index contributed by atoms with van der Waals surface area (Å²) in [7, 11) is 1.90. The maximum absolute atomic E-state index is 9.33. The minimum absolute atomic E-state index is 0.103. The summed E-state index contributed by atoms with van der Waals surface area (Å²) in [6.07, 6.45) is 2.60. The van der Waals surface area contributed by atoms with E-state index in [9.17, 15) is 5.11 Å². The number of piperazine rings is 1. The highest BCUT2D eigenvalue weighted by molar-refractivity contribution is 5.41. The molecule has 2 aliphatic heterocycles. The largest absolute Gasteiger partial charge is 0.388 e. The molecule has 0 aromatic carbocycles. The van der Waals surface area contributed by atoms with Gasteiger partial charge in [0.05, 0.1) is 5.69 Å². The molecule has 2 fully saturated rings. The van der Waals surface area contributed by atoms with Gasteiger partial charge in [-0.1, -0.05) is 0 Å². The number of aliphatic hydroxyl groups is 1. The van der Waals surface area contributed by atoms with Gasteiger partial charge >= 0.3 is 0 Å². The Morgan fingerprint density at radius 2 is 2.25 bits per heavy atom. The molecule has 6 nitrogen and oxygen atoms in total. The van der Waals surface area contributed by atoms with Gasteiger partial charge in [0, 0.05) is 38.3 Å². The van der Waals surface area contributed by atoms with Gasteiger partial charge in [0.15, 0.2) is 5.82 Å². The smallest absolute Gasteiger partial charge is 0.156 e. The Morgan fingerprint density at radius 1 is 1.35 bits per heavy atom. The molecule has 6 heteroatoms. The number of hydrogen-bond acceptors (Lipinski definition) is 6. The molecule has 2 aliphatic rings. The molecule has 0 aliphatic carbocycles. The Morgan fingerprint density at radius 3 is 3.05 bits per heavy atom. The number of hydrogen-bond donors (Lipinski definition) is 2. The summed E-state index contributed by atoms with van der Waals surface area (Å²) in [5, 5.41) is 12.4. The van der Waals surface area contributed by atoms with Gasteiger partial charge in [-0.25, -0.2) is 9.97 Å². The third kappa shape index (κ3) is 2.77. The van der Waals surface area contributed by atoms with Crippen molar-refractivity contribution in [3.8, 4) is 0 Å². The normalized spacial score (nSPS) is 23.1. The van der Waals surface area contributed by atoms with Crippen LogP contribution < -0.4 is 10.2 Å². The fraction of sp³-hybridized carbons (Fsp3) is 0.714. The van der Waals surface area contributed by atoms with Crippen LogP contribution in [0.2, 0.25) is 0 Å². The lowest BCUT2D eigenvalue weighted by atomic mass is 10.1. The van der Waals surface area contributed by atoms with E-state index in [-0.39, 0.29) is 6.61 Å². The molecule has 20 heavy (non-hydrogen) atoms. The first kappa shape index (κ1) is 13.7. The molecule has 3 rings (SSSR count). The topological polar surface area (TPSA) is 64.5 Å². The van der Waals surface area contributed by atoms with Gasteiger partial charge in [-0.05, 0) is 26.4 Å². The molecule has 1 atom stereocenters. The van der Waals surface area contributed by atoms with Crippen LogP contribution in [-0.4, -0.2) is 59.2 Å². The predicted molar refractivity (Wildman–Crippen MR) is 77.5 cm³/mol. The summed E-state index contributed by atoms with van der Waals surface area (Å²) in [5.41, 5.74) is 0.940. The van der Waals surface area contributed by atoms with Crippen LogP contribution in [0.5, 0.6) is 0 Å². The van der Waals surface area contributed by atoms with Crippen LogP contribution in [0.15, 0.2) is 6.07 Å². The number of rotatable bonds is 4. The van der Waals surface area contributed by atoms with Gasteiger partial charge in [-0.3, -0.25) is 4.90 Å². The molecule has 1 aromatic heterocycles. The number of fused-ring (bicyclic) bond motifs is 1. The van der Waals surface area contributed by atoms with Gasteiger partial charge in [0.25, 0.3) is 0 Å². The van der Waals surface area contributed by atoms with Gasteiger partial charge in [-0.15, -0.1) is 0 Å². The zero-order valence-electron chi connectivity index (χ0n) is 12.0. The first-order chi connectivity index (χ1) is 9.80. The van der Waals surface area contributed by atoms with E-state index in [0.29, 0.717) is 18.4 Å². The molecule has 1 aromatic rings. The van der Waals surface area contributed by atoms with Crippen LogP contribution in [0, 0.1) is 0 Å². The fourth-order valence-corrected chi connectivity index (χ4v) is 3.24. The lowest BCUT2D eigenvalue weighted by Gasteiger charge is -2.38. The monoisotopic (exact) mass is 277 g/mol. The minimum Gasteiger partial charge on any atom is -0.388 e. The zero-order chi connectivity index (χ0) is 13.9. The maximum Gasteiger partial charge on any atom is 0.156 e. The molecule has 0 radical (unpaired) electrons. The van der Waals surface area contributed by atoms with Gasteiger partial charge < -0.3 is 15.3 Å². The Kier molecular flexibility index (Phi) is 4.14. The fourth-order valence-electron chi connectivity index (χ4n) is 3.24. The Labute approximate surface area is 119 Å². The summed E-state index contributed by atoms with van der Waals surface area (Å²) in [4.78, 5) is 13.8. The van der Waals surface area contributed by atoms with E-state index in [2.05, 4.69) is 25.1 Å². The number of nitrogens with one attached hydrogen (secondary N) is 1. The number of aliphatic hydroxyl groups excluding tert-OH is 1. The summed E-state index contributed by atoms with van der Waals surface area (Å²) >= 11 is 0. The van der Waals surface area contributed by atoms with Crippen molar-refractivity contribution in [2.24, 2.45) is 0 Å². The van der Waals surface area contributed by atoms with Crippen molar-refractivity contribution in [3.05, 3.63) is 17.6 Å². The standard InChI is InChI=1S/C14H23N5O/c1-15-8-11-7-14(17-13(10-20)16-11)19-6-5-18-4-2-3-12(18)9-19/h7,12,15,20H,2-6,8-10H2,1H3/t12-/m1/s1. The van der Waals surface area contributed by atoms with E-state index in [1.165, 1.54) is 19.4 Å². The molecule has 0 bridgehead atoms. The molecule has 0 unspecified atom stereocenters. The summed E-state index contributed by atoms with van der Waals surface area (Å²) in [6, 6.07) is 2.71. The van der Waals surface area contributed by atoms with Crippen LogP contribution in [-0.2, 0) is 13.2 Å². The summed E-state index contributed by atoms with van der Waals surface area (Å²) in [5.74, 6) is 1.47. The molecule has 0 spiro atoms. The van der Waals surface area contributed by atoms with Crippen molar-refractivity contribution in [2.45, 2.75) is 32.0 Å². The van der Waals surface area contributed by atoms with Crippen molar-refractivity contribution in [3.63, 3.8) is 0 Å². The van der Waals surface area contributed by atoms with Gasteiger partial charge in [0.1, 0.15) is 12.4 Å². The average molecular weight is 277 g/mol. The molecule has 2 N–H and O–H groups in total. The van der Waals surface area contributed by atoms with E-state index < -0.39 is 0 Å². The van der Waals surface area contributed by atoms with E-state index >= 15 is 0 Å². The third-order valence-electron chi connectivity index (χ3n) is 4.22. The first-order valence-electron chi connectivity index (χ1n) is 7.41. The van der Waals surface area contributed by atoms with E-state index in [4.69, 9.17) is 0 Å². The number of aromatic nitrogens is 2. The highest BCUT2D eigenvalue weighted by atomic mass is 16.3. The van der Waals surface area contributed by atoms with E-state index in [0.717, 1.165) is 31.1 Å². The van der Waals surface area contributed by atoms with Crippen molar-refractivity contribution >= 4 is 5.82 Å². The van der Waals surface area contributed by atoms with E-state index in [1.807, 2.05) is 13.1 Å². The first-order valence-corrected chi connectivity index (χ1v) is 7.41. The molecule has 3 heterocycles. The maximum atomic E-state index is 9.33. The molecular formula is C14H23N5O. The minimum atomic E-state index is -0.103. The highest BCUT2D eigenvalue weighted by Gasteiger charge is 2.31. The second-order valence-electron chi connectivity index (χ2n) is 5.60. The van der Waals surface area contributed by atoms with Gasteiger partial charge in [0.2, 0.25) is 0 Å². The highest BCUT2D eigenvalue weighted by Crippen LogP contribution is 2.24. The Balaban J connectivity index is 1.79. The second kappa shape index (κ2) is 6.03. The van der Waals surface area contributed by atoms with Crippen molar-refractivity contribution in [1.82, 2.24) is 20.2 Å². The predicted octanol–water partition coefficient (Wildman–Crippen LogP) is -0.0273. The lowest BCUT2D eigenvalue weighted by Crippen LogP contribution is -2.50. The van der Waals surface area contributed by atoms with Crippen molar-refractivity contribution in [1.29, 1.82) is 0 Å². The average Bonchev–Trinajstić information content (AvgIpc) is 2.94. The Hall–Kier alpha value is -1.24. The molecule has 0 saturated carbocycles. The van der Waals surface area contributed by atoms with Crippen LogP contribution in [0.3, 0.4) is 0 Å². The Bertz CT molecular complexity index is 467. The van der Waals surface area contributed by atoms with Crippen LogP contribution in [0.1, 0.15) is 24.4 Å². The zero-order valence-corrected chi connectivity index (χ0v) is 12.0. The SMILES string of the molecule is CNCc1cc(N2CCN3CCC[C@@H]3C2)nc(CO)n1. The van der Waals surface area contributed by atoms with Crippen LogP contribution in [0.4, 0.5) is 5.82 Å². The lowest BCUT2D eigenvalue weighted by molar-refractivity contribution is 0.230. The molecule has 2 saturated heterocycles. The van der Waals surface area contributed by atoms with Crippen LogP contribution >= 0.6 is 0 Å². The second-order valence-corrected chi connectivity index (χ2v) is 5.60. The van der Waals surface area contributed by atoms with Crippen molar-refractivity contribution < 1.29 is 5.11 Å². The van der Waals surface area contributed by atoms with Crippen molar-refractivity contribution in [2.75, 3.05) is 38.1 Å². The third-order valence-corrected chi connectivity index (χ3v) is 4.22. The molecular weight excluding hydrogens is 254 g/mol. The quantitative estimate of drug-likeness (QED) is 0.806.